The number of anilines is 1. The molecule has 0 aliphatic carbocycles. The number of nitrogens with zero attached hydrogens (tertiary/aromatic N) is 1. The average Bonchev–Trinajstić information content (AvgIpc) is 2.67. The molecule has 0 aromatic heterocycles. The Balaban J connectivity index is 2.06. The molecule has 0 unspecified atom stereocenters. The molecule has 0 bridgehead atoms. The van der Waals surface area contributed by atoms with Crippen LogP contribution in [0.3, 0.4) is 0 Å². The zero-order chi connectivity index (χ0) is 18.9. The molecule has 0 atom stereocenters. The van der Waals surface area contributed by atoms with Crippen molar-refractivity contribution in [2.75, 3.05) is 39.7 Å². The second-order valence-electron chi connectivity index (χ2n) is 5.75. The third-order valence-corrected chi connectivity index (χ3v) is 4.01. The van der Waals surface area contributed by atoms with Gasteiger partial charge in [-0.2, -0.15) is 0 Å². The van der Waals surface area contributed by atoms with E-state index in [0.29, 0.717) is 29.5 Å². The molecule has 0 saturated carbocycles. The molecule has 0 fully saturated rings. The van der Waals surface area contributed by atoms with Crippen molar-refractivity contribution in [2.24, 2.45) is 0 Å². The molecule has 2 aromatic carbocycles. The van der Waals surface area contributed by atoms with Crippen LogP contribution < -0.4 is 19.5 Å². The number of hydrogen-bond acceptors (Lipinski definition) is 5. The van der Waals surface area contributed by atoms with Gasteiger partial charge in [-0.15, -0.1) is 0 Å². The third-order valence-electron chi connectivity index (χ3n) is 4.01. The summed E-state index contributed by atoms with van der Waals surface area (Å²) in [5.41, 5.74) is 1.77. The van der Waals surface area contributed by atoms with Gasteiger partial charge >= 0.3 is 0 Å². The van der Waals surface area contributed by atoms with Crippen LogP contribution in [0, 0.1) is 0 Å². The number of benzene rings is 2. The summed E-state index contributed by atoms with van der Waals surface area (Å²) >= 11 is 0. The van der Waals surface area contributed by atoms with Crippen LogP contribution in [-0.4, -0.2) is 45.2 Å². The minimum absolute atomic E-state index is 0.0999. The molecule has 0 spiro atoms. The van der Waals surface area contributed by atoms with Crippen LogP contribution in [0.15, 0.2) is 42.5 Å². The monoisotopic (exact) mass is 358 g/mol. The van der Waals surface area contributed by atoms with Crippen molar-refractivity contribution in [2.45, 2.75) is 13.5 Å². The Hall–Kier alpha value is -2.73. The molecule has 1 N–H and O–H groups in total. The molecule has 0 radical (unpaired) electrons. The molecular formula is C20H26N2O4. The molecule has 2 rings (SSSR count). The largest absolute Gasteiger partial charge is 0.493 e. The summed E-state index contributed by atoms with van der Waals surface area (Å²) in [5.74, 6) is 1.39. The quantitative estimate of drug-likeness (QED) is 0.746. The summed E-state index contributed by atoms with van der Waals surface area (Å²) in [5, 5.41) is 2.90. The van der Waals surface area contributed by atoms with E-state index in [4.69, 9.17) is 14.2 Å². The highest BCUT2D eigenvalue weighted by atomic mass is 16.5. The number of likely N-dealkylation sites (N-methyl/N-ethyl adjacent to an activating group) is 1. The predicted molar refractivity (Wildman–Crippen MR) is 102 cm³/mol. The van der Waals surface area contributed by atoms with Gasteiger partial charge in [-0.1, -0.05) is 37.3 Å². The molecule has 0 aliphatic heterocycles. The summed E-state index contributed by atoms with van der Waals surface area (Å²) < 4.78 is 15.9. The van der Waals surface area contributed by atoms with Gasteiger partial charge in [0.1, 0.15) is 0 Å². The van der Waals surface area contributed by atoms with Crippen LogP contribution >= 0.6 is 0 Å². The normalized spacial score (nSPS) is 10.5. The number of ether oxygens (including phenoxy) is 3. The Morgan fingerprint density at radius 2 is 1.62 bits per heavy atom. The minimum Gasteiger partial charge on any atom is -0.493 e. The van der Waals surface area contributed by atoms with E-state index in [-0.39, 0.29) is 5.91 Å². The standard InChI is InChI=1S/C20H26N2O4/c1-5-22(13-15-9-7-6-8-10-15)14-19(23)21-16-11-17(24-2)20(26-4)18(12-16)25-3/h6-12H,5,13-14H2,1-4H3,(H,21,23). The molecule has 2 aromatic rings. The van der Waals surface area contributed by atoms with E-state index in [1.54, 1.807) is 33.5 Å². The number of methoxy groups -OCH3 is 3. The zero-order valence-electron chi connectivity index (χ0n) is 15.7. The van der Waals surface area contributed by atoms with Gasteiger partial charge < -0.3 is 19.5 Å². The summed E-state index contributed by atoms with van der Waals surface area (Å²) in [6.07, 6.45) is 0. The van der Waals surface area contributed by atoms with Crippen LogP contribution in [0.5, 0.6) is 17.2 Å². The highest BCUT2D eigenvalue weighted by molar-refractivity contribution is 5.93. The van der Waals surface area contributed by atoms with Gasteiger partial charge in [0.25, 0.3) is 0 Å². The average molecular weight is 358 g/mol. The summed E-state index contributed by atoms with van der Waals surface area (Å²) in [7, 11) is 4.63. The molecule has 26 heavy (non-hydrogen) atoms. The fraction of sp³-hybridized carbons (Fsp3) is 0.350. The van der Waals surface area contributed by atoms with Crippen molar-refractivity contribution < 1.29 is 19.0 Å². The molecule has 0 aliphatic rings. The molecule has 0 heterocycles. The lowest BCUT2D eigenvalue weighted by Crippen LogP contribution is -2.32. The van der Waals surface area contributed by atoms with Crippen molar-refractivity contribution in [3.8, 4) is 17.2 Å². The van der Waals surface area contributed by atoms with Gasteiger partial charge in [0.2, 0.25) is 11.7 Å². The summed E-state index contributed by atoms with van der Waals surface area (Å²) in [6, 6.07) is 13.5. The minimum atomic E-state index is -0.0999. The fourth-order valence-corrected chi connectivity index (χ4v) is 2.68. The molecular weight excluding hydrogens is 332 g/mol. The van der Waals surface area contributed by atoms with Crippen molar-refractivity contribution in [3.63, 3.8) is 0 Å². The first-order chi connectivity index (χ1) is 12.6. The number of rotatable bonds is 9. The lowest BCUT2D eigenvalue weighted by molar-refractivity contribution is -0.117. The van der Waals surface area contributed by atoms with E-state index in [0.717, 1.165) is 13.1 Å². The van der Waals surface area contributed by atoms with Gasteiger partial charge in [0.15, 0.2) is 11.5 Å². The topological polar surface area (TPSA) is 60.0 Å². The van der Waals surface area contributed by atoms with Gasteiger partial charge in [-0.25, -0.2) is 0 Å². The predicted octanol–water partition coefficient (Wildman–Crippen LogP) is 3.17. The summed E-state index contributed by atoms with van der Waals surface area (Å²) in [4.78, 5) is 14.5. The van der Waals surface area contributed by atoms with E-state index < -0.39 is 0 Å². The van der Waals surface area contributed by atoms with Crippen LogP contribution in [0.2, 0.25) is 0 Å². The maximum atomic E-state index is 12.5. The van der Waals surface area contributed by atoms with E-state index in [1.807, 2.05) is 25.1 Å². The van der Waals surface area contributed by atoms with Crippen LogP contribution in [-0.2, 0) is 11.3 Å². The lowest BCUT2D eigenvalue weighted by Gasteiger charge is -2.20. The highest BCUT2D eigenvalue weighted by Crippen LogP contribution is 2.39. The van der Waals surface area contributed by atoms with Crippen LogP contribution in [0.25, 0.3) is 0 Å². The van der Waals surface area contributed by atoms with E-state index in [9.17, 15) is 4.79 Å². The van der Waals surface area contributed by atoms with Crippen LogP contribution in [0.4, 0.5) is 5.69 Å². The van der Waals surface area contributed by atoms with Gasteiger partial charge in [-0.05, 0) is 12.1 Å². The Morgan fingerprint density at radius 1 is 1.00 bits per heavy atom. The van der Waals surface area contributed by atoms with Gasteiger partial charge in [-0.3, -0.25) is 9.69 Å². The lowest BCUT2D eigenvalue weighted by atomic mass is 10.2. The maximum Gasteiger partial charge on any atom is 0.238 e. The number of nitrogens with one attached hydrogen (secondary N) is 1. The second-order valence-corrected chi connectivity index (χ2v) is 5.75. The number of amides is 1. The zero-order valence-corrected chi connectivity index (χ0v) is 15.7. The number of carbonyl (C=O) groups is 1. The SMILES string of the molecule is CCN(CC(=O)Nc1cc(OC)c(OC)c(OC)c1)Cc1ccccc1. The van der Waals surface area contributed by atoms with Crippen LogP contribution in [0.1, 0.15) is 12.5 Å². The Labute approximate surface area is 154 Å². The molecule has 140 valence electrons. The summed E-state index contributed by atoms with van der Waals surface area (Å²) in [6.45, 7) is 3.83. The number of carbonyl (C=O) groups excluding carboxylic acids is 1. The fourth-order valence-electron chi connectivity index (χ4n) is 2.68. The van der Waals surface area contributed by atoms with Crippen molar-refractivity contribution >= 4 is 11.6 Å². The third kappa shape index (κ3) is 5.13. The molecule has 6 nitrogen and oxygen atoms in total. The van der Waals surface area contributed by atoms with Gasteiger partial charge in [0, 0.05) is 24.4 Å². The first kappa shape index (κ1) is 19.6. The highest BCUT2D eigenvalue weighted by Gasteiger charge is 2.15. The van der Waals surface area contributed by atoms with E-state index in [2.05, 4.69) is 22.3 Å². The maximum absolute atomic E-state index is 12.5. The first-order valence-electron chi connectivity index (χ1n) is 8.47. The van der Waals surface area contributed by atoms with E-state index >= 15 is 0 Å². The van der Waals surface area contributed by atoms with Crippen molar-refractivity contribution in [1.82, 2.24) is 4.90 Å². The van der Waals surface area contributed by atoms with Gasteiger partial charge in [0.05, 0.1) is 27.9 Å². The smallest absolute Gasteiger partial charge is 0.238 e. The number of hydrogen-bond donors (Lipinski definition) is 1. The van der Waals surface area contributed by atoms with E-state index in [1.165, 1.54) is 5.56 Å². The first-order valence-corrected chi connectivity index (χ1v) is 8.47. The Kier molecular flexibility index (Phi) is 7.29. The second kappa shape index (κ2) is 9.68. The molecule has 6 heteroatoms. The molecule has 0 saturated heterocycles. The Morgan fingerprint density at radius 3 is 2.12 bits per heavy atom. The Bertz CT molecular complexity index is 694. The molecule has 1 amide bonds. The van der Waals surface area contributed by atoms with Crippen molar-refractivity contribution in [1.29, 1.82) is 0 Å². The van der Waals surface area contributed by atoms with Crippen molar-refractivity contribution in [3.05, 3.63) is 48.0 Å².